The van der Waals surface area contributed by atoms with Gasteiger partial charge in [0.05, 0.1) is 17.4 Å². The first kappa shape index (κ1) is 20.9. The van der Waals surface area contributed by atoms with E-state index in [0.717, 1.165) is 45.7 Å². The highest BCUT2D eigenvalue weighted by atomic mass is 19.4. The van der Waals surface area contributed by atoms with E-state index in [1.165, 1.54) is 12.4 Å². The van der Waals surface area contributed by atoms with Gasteiger partial charge in [0.2, 0.25) is 5.91 Å². The molecule has 0 saturated carbocycles. The molecule has 0 radical (unpaired) electrons. The molecule has 0 bridgehead atoms. The normalized spacial score (nSPS) is 13.5. The average molecular weight is 452 g/mol. The largest absolute Gasteiger partial charge is 0.417 e. The lowest BCUT2D eigenvalue weighted by atomic mass is 10.0. The van der Waals surface area contributed by atoms with Crippen molar-refractivity contribution in [3.05, 3.63) is 65.9 Å². The molecule has 0 spiro atoms. The van der Waals surface area contributed by atoms with Gasteiger partial charge >= 0.3 is 6.18 Å². The number of nitrogens with zero attached hydrogens (tertiary/aromatic N) is 5. The Labute approximate surface area is 186 Å². The molecule has 1 aliphatic heterocycles. The monoisotopic (exact) mass is 452 g/mol. The third-order valence-electron chi connectivity index (χ3n) is 5.85. The third-order valence-corrected chi connectivity index (χ3v) is 5.85. The van der Waals surface area contributed by atoms with Gasteiger partial charge in [-0.3, -0.25) is 9.78 Å². The van der Waals surface area contributed by atoms with Crippen LogP contribution in [0.4, 0.5) is 24.7 Å². The second kappa shape index (κ2) is 7.58. The van der Waals surface area contributed by atoms with Crippen LogP contribution in [0.2, 0.25) is 0 Å². The second-order valence-corrected chi connectivity index (χ2v) is 7.96. The van der Waals surface area contributed by atoms with Crippen molar-refractivity contribution in [2.75, 3.05) is 17.2 Å². The third kappa shape index (κ3) is 3.67. The lowest BCUT2D eigenvalue weighted by Crippen LogP contribution is -2.30. The van der Waals surface area contributed by atoms with E-state index < -0.39 is 11.7 Å². The Hall–Kier alpha value is -3.95. The Bertz CT molecular complexity index is 1380. The van der Waals surface area contributed by atoms with Crippen LogP contribution in [-0.4, -0.2) is 32.0 Å². The summed E-state index contributed by atoms with van der Waals surface area (Å²) < 4.78 is 40.1. The fourth-order valence-electron chi connectivity index (χ4n) is 4.23. The SMILES string of the molecule is Cn1cc(-c2ccc3c(c2)CCN3C(=O)Cc2ccc(C(F)(F)F)cn2)c2c(N)ncnc21. The van der Waals surface area contributed by atoms with Crippen molar-refractivity contribution in [3.8, 4) is 11.1 Å². The molecule has 1 aromatic carbocycles. The molecule has 10 heteroatoms. The van der Waals surface area contributed by atoms with Gasteiger partial charge < -0.3 is 15.2 Å². The van der Waals surface area contributed by atoms with Crippen LogP contribution < -0.4 is 10.6 Å². The number of fused-ring (bicyclic) bond motifs is 2. The number of carbonyl (C=O) groups is 1. The molecular formula is C23H19F3N6O. The van der Waals surface area contributed by atoms with Gasteiger partial charge in [-0.05, 0) is 41.8 Å². The molecule has 0 aliphatic carbocycles. The van der Waals surface area contributed by atoms with E-state index in [9.17, 15) is 18.0 Å². The maximum atomic E-state index is 12.9. The first-order valence-electron chi connectivity index (χ1n) is 10.2. The number of aromatic nitrogens is 4. The molecule has 0 atom stereocenters. The fourth-order valence-corrected chi connectivity index (χ4v) is 4.23. The number of rotatable bonds is 3. The summed E-state index contributed by atoms with van der Waals surface area (Å²) in [6.07, 6.45) is 0.280. The molecule has 168 valence electrons. The maximum Gasteiger partial charge on any atom is 0.417 e. The Morgan fingerprint density at radius 1 is 1.15 bits per heavy atom. The van der Waals surface area contributed by atoms with Gasteiger partial charge in [0.25, 0.3) is 0 Å². The number of nitrogens with two attached hydrogens (primary N) is 1. The van der Waals surface area contributed by atoms with Crippen molar-refractivity contribution >= 4 is 28.4 Å². The van der Waals surface area contributed by atoms with Crippen LogP contribution in [0.25, 0.3) is 22.2 Å². The Balaban J connectivity index is 1.40. The maximum absolute atomic E-state index is 12.9. The van der Waals surface area contributed by atoms with E-state index in [0.29, 0.717) is 24.5 Å². The molecule has 4 heterocycles. The first-order chi connectivity index (χ1) is 15.7. The molecule has 1 aliphatic rings. The van der Waals surface area contributed by atoms with E-state index >= 15 is 0 Å². The summed E-state index contributed by atoms with van der Waals surface area (Å²) in [6, 6.07) is 8.02. The molecule has 3 aromatic heterocycles. The van der Waals surface area contributed by atoms with Crippen LogP contribution in [0.3, 0.4) is 0 Å². The van der Waals surface area contributed by atoms with Crippen molar-refractivity contribution in [1.29, 1.82) is 0 Å². The topological polar surface area (TPSA) is 89.9 Å². The van der Waals surface area contributed by atoms with Gasteiger partial charge in [-0.1, -0.05) is 6.07 Å². The number of pyridine rings is 1. The lowest BCUT2D eigenvalue weighted by Gasteiger charge is -2.17. The first-order valence-corrected chi connectivity index (χ1v) is 10.2. The van der Waals surface area contributed by atoms with Gasteiger partial charge in [0, 0.05) is 42.9 Å². The number of benzene rings is 1. The minimum Gasteiger partial charge on any atom is -0.383 e. The molecule has 2 N–H and O–H groups in total. The number of carbonyl (C=O) groups excluding carboxylic acids is 1. The highest BCUT2D eigenvalue weighted by Gasteiger charge is 2.31. The molecular weight excluding hydrogens is 433 g/mol. The van der Waals surface area contributed by atoms with Crippen LogP contribution in [0, 0.1) is 0 Å². The Kier molecular flexibility index (Phi) is 4.80. The second-order valence-electron chi connectivity index (χ2n) is 7.96. The smallest absolute Gasteiger partial charge is 0.383 e. The number of halogens is 3. The van der Waals surface area contributed by atoms with E-state index in [1.54, 1.807) is 4.90 Å². The van der Waals surface area contributed by atoms with Crippen LogP contribution in [0.1, 0.15) is 16.8 Å². The minimum atomic E-state index is -4.46. The zero-order valence-corrected chi connectivity index (χ0v) is 17.6. The minimum absolute atomic E-state index is 0.0729. The zero-order chi connectivity index (χ0) is 23.3. The van der Waals surface area contributed by atoms with E-state index in [4.69, 9.17) is 5.73 Å². The summed E-state index contributed by atoms with van der Waals surface area (Å²) in [5.41, 5.74) is 9.95. The summed E-state index contributed by atoms with van der Waals surface area (Å²) in [7, 11) is 1.89. The van der Waals surface area contributed by atoms with Crippen molar-refractivity contribution in [3.63, 3.8) is 0 Å². The van der Waals surface area contributed by atoms with Crippen molar-refractivity contribution < 1.29 is 18.0 Å². The molecule has 0 unspecified atom stereocenters. The van der Waals surface area contributed by atoms with E-state index in [2.05, 4.69) is 15.0 Å². The number of amides is 1. The summed E-state index contributed by atoms with van der Waals surface area (Å²) in [5.74, 6) is 0.188. The number of hydrogen-bond donors (Lipinski definition) is 1. The average Bonchev–Trinajstić information content (AvgIpc) is 3.35. The van der Waals surface area contributed by atoms with Crippen LogP contribution in [0.15, 0.2) is 49.1 Å². The zero-order valence-electron chi connectivity index (χ0n) is 17.6. The molecule has 33 heavy (non-hydrogen) atoms. The van der Waals surface area contributed by atoms with Gasteiger partial charge in [-0.25, -0.2) is 9.97 Å². The Morgan fingerprint density at radius 2 is 1.97 bits per heavy atom. The predicted octanol–water partition coefficient (Wildman–Crippen LogP) is 3.76. The van der Waals surface area contributed by atoms with Crippen LogP contribution in [-0.2, 0) is 30.9 Å². The molecule has 0 saturated heterocycles. The summed E-state index contributed by atoms with van der Waals surface area (Å²) in [4.78, 5) is 26.7. The quantitative estimate of drug-likeness (QED) is 0.511. The van der Waals surface area contributed by atoms with Gasteiger partial charge in [-0.15, -0.1) is 0 Å². The number of hydrogen-bond acceptors (Lipinski definition) is 5. The summed E-state index contributed by atoms with van der Waals surface area (Å²) in [5, 5.41) is 0.777. The lowest BCUT2D eigenvalue weighted by molar-refractivity contribution is -0.137. The summed E-state index contributed by atoms with van der Waals surface area (Å²) >= 11 is 0. The number of aryl methyl sites for hydroxylation is 1. The summed E-state index contributed by atoms with van der Waals surface area (Å²) in [6.45, 7) is 0.499. The van der Waals surface area contributed by atoms with Crippen molar-refractivity contribution in [2.45, 2.75) is 19.0 Å². The Morgan fingerprint density at radius 3 is 2.70 bits per heavy atom. The van der Waals surface area contributed by atoms with Crippen LogP contribution >= 0.6 is 0 Å². The standard InChI is InChI=1S/C23H19F3N6O/c1-31-11-17(20-21(27)29-12-30-22(20)31)13-2-5-18-14(8-13)6-7-32(18)19(33)9-16-4-3-15(10-28-16)23(24,25)26/h2-5,8,10-12H,6-7,9H2,1H3,(H2,27,29,30). The van der Waals surface area contributed by atoms with Crippen molar-refractivity contribution in [1.82, 2.24) is 19.5 Å². The number of alkyl halides is 3. The fraction of sp³-hybridized carbons (Fsp3) is 0.217. The van der Waals surface area contributed by atoms with Crippen LogP contribution in [0.5, 0.6) is 0 Å². The molecule has 7 nitrogen and oxygen atoms in total. The molecule has 5 rings (SSSR count). The van der Waals surface area contributed by atoms with E-state index in [1.807, 2.05) is 36.0 Å². The molecule has 0 fully saturated rings. The van der Waals surface area contributed by atoms with Gasteiger partial charge in [0.1, 0.15) is 17.8 Å². The molecule has 1 amide bonds. The van der Waals surface area contributed by atoms with E-state index in [-0.39, 0.29) is 12.3 Å². The highest BCUT2D eigenvalue weighted by molar-refractivity contribution is 6.02. The van der Waals surface area contributed by atoms with Crippen molar-refractivity contribution in [2.24, 2.45) is 7.05 Å². The molecule has 4 aromatic rings. The number of anilines is 2. The number of nitrogen functional groups attached to an aromatic ring is 1. The predicted molar refractivity (Wildman–Crippen MR) is 117 cm³/mol. The van der Waals surface area contributed by atoms with Gasteiger partial charge in [-0.2, -0.15) is 13.2 Å². The van der Waals surface area contributed by atoms with Gasteiger partial charge in [0.15, 0.2) is 0 Å². The highest BCUT2D eigenvalue weighted by Crippen LogP contribution is 2.37.